The molecule has 0 aliphatic heterocycles. The van der Waals surface area contributed by atoms with Crippen molar-refractivity contribution in [3.05, 3.63) is 38.9 Å². The van der Waals surface area contributed by atoms with Crippen molar-refractivity contribution in [2.24, 2.45) is 0 Å². The van der Waals surface area contributed by atoms with Crippen molar-refractivity contribution in [3.63, 3.8) is 0 Å². The number of rotatable bonds is 7. The first-order valence-electron chi connectivity index (χ1n) is 5.43. The molecule has 0 aromatic heterocycles. The molecule has 8 nitrogen and oxygen atoms in total. The Hall–Kier alpha value is -2.19. The molecule has 1 amide bonds. The number of nitro benzene ring substituents is 1. The Morgan fingerprint density at radius 2 is 2.15 bits per heavy atom. The SMILES string of the molecule is O=C(O)COCCNC(=O)c1ccc([N+](=O)[O-])c(Cl)c1. The molecule has 1 aromatic rings. The third-order valence-electron chi connectivity index (χ3n) is 2.16. The lowest BCUT2D eigenvalue weighted by Gasteiger charge is -2.05. The van der Waals surface area contributed by atoms with Crippen LogP contribution >= 0.6 is 11.6 Å². The average molecular weight is 303 g/mol. The van der Waals surface area contributed by atoms with E-state index in [9.17, 15) is 19.7 Å². The van der Waals surface area contributed by atoms with E-state index in [1.807, 2.05) is 0 Å². The first-order valence-corrected chi connectivity index (χ1v) is 5.81. The minimum Gasteiger partial charge on any atom is -0.480 e. The Kier molecular flexibility index (Phi) is 5.88. The Morgan fingerprint density at radius 3 is 2.70 bits per heavy atom. The summed E-state index contributed by atoms with van der Waals surface area (Å²) in [4.78, 5) is 31.7. The molecule has 2 N–H and O–H groups in total. The lowest BCUT2D eigenvalue weighted by Crippen LogP contribution is -2.27. The number of carboxylic acids is 1. The number of nitrogens with zero attached hydrogens (tertiary/aromatic N) is 1. The van der Waals surface area contributed by atoms with Crippen LogP contribution in [0.25, 0.3) is 0 Å². The van der Waals surface area contributed by atoms with Gasteiger partial charge in [-0.15, -0.1) is 0 Å². The van der Waals surface area contributed by atoms with E-state index in [1.165, 1.54) is 12.1 Å². The van der Waals surface area contributed by atoms with Gasteiger partial charge in [0.2, 0.25) is 0 Å². The highest BCUT2D eigenvalue weighted by atomic mass is 35.5. The first kappa shape index (κ1) is 15.9. The highest BCUT2D eigenvalue weighted by Gasteiger charge is 2.14. The molecule has 0 aliphatic carbocycles. The summed E-state index contributed by atoms with van der Waals surface area (Å²) in [7, 11) is 0. The molecule has 0 radical (unpaired) electrons. The molecule has 0 aliphatic rings. The third-order valence-corrected chi connectivity index (χ3v) is 2.47. The van der Waals surface area contributed by atoms with Gasteiger partial charge in [0.05, 0.1) is 11.5 Å². The maximum absolute atomic E-state index is 11.7. The lowest BCUT2D eigenvalue weighted by atomic mass is 10.2. The fourth-order valence-electron chi connectivity index (χ4n) is 1.29. The topological polar surface area (TPSA) is 119 Å². The maximum atomic E-state index is 11.7. The minimum absolute atomic E-state index is 0.0404. The van der Waals surface area contributed by atoms with E-state index >= 15 is 0 Å². The lowest BCUT2D eigenvalue weighted by molar-refractivity contribution is -0.384. The van der Waals surface area contributed by atoms with Crippen molar-refractivity contribution in [3.8, 4) is 0 Å². The van der Waals surface area contributed by atoms with Gasteiger partial charge in [-0.3, -0.25) is 14.9 Å². The highest BCUT2D eigenvalue weighted by molar-refractivity contribution is 6.33. The molecule has 0 spiro atoms. The van der Waals surface area contributed by atoms with Crippen LogP contribution in [0.3, 0.4) is 0 Å². The van der Waals surface area contributed by atoms with Gasteiger partial charge < -0.3 is 15.2 Å². The number of nitrogens with one attached hydrogen (secondary N) is 1. The van der Waals surface area contributed by atoms with Gasteiger partial charge >= 0.3 is 5.97 Å². The molecule has 108 valence electrons. The van der Waals surface area contributed by atoms with E-state index in [2.05, 4.69) is 5.32 Å². The van der Waals surface area contributed by atoms with E-state index in [4.69, 9.17) is 21.4 Å². The molecule has 0 bridgehead atoms. The largest absolute Gasteiger partial charge is 0.480 e. The standard InChI is InChI=1S/C11H11ClN2O6/c12-8-5-7(1-2-9(8)14(18)19)11(17)13-3-4-20-6-10(15)16/h1-2,5H,3-4,6H2,(H,13,17)(H,15,16). The highest BCUT2D eigenvalue weighted by Crippen LogP contribution is 2.24. The van der Waals surface area contributed by atoms with Crippen molar-refractivity contribution in [2.45, 2.75) is 0 Å². The Morgan fingerprint density at radius 1 is 1.45 bits per heavy atom. The van der Waals surface area contributed by atoms with Crippen LogP contribution < -0.4 is 5.32 Å². The second-order valence-electron chi connectivity index (χ2n) is 3.63. The number of carboxylic acid groups (broad SMARTS) is 1. The van der Waals surface area contributed by atoms with Gasteiger partial charge in [-0.05, 0) is 12.1 Å². The molecule has 9 heteroatoms. The van der Waals surface area contributed by atoms with E-state index in [0.29, 0.717) is 0 Å². The molecule has 1 rings (SSSR count). The van der Waals surface area contributed by atoms with Crippen molar-refractivity contribution >= 4 is 29.2 Å². The second-order valence-corrected chi connectivity index (χ2v) is 4.03. The molecular weight excluding hydrogens is 292 g/mol. The normalized spacial score (nSPS) is 10.1. The van der Waals surface area contributed by atoms with Gasteiger partial charge in [-0.2, -0.15) is 0 Å². The van der Waals surface area contributed by atoms with Crippen LogP contribution in [0.2, 0.25) is 5.02 Å². The van der Waals surface area contributed by atoms with E-state index in [0.717, 1.165) is 6.07 Å². The predicted molar refractivity (Wildman–Crippen MR) is 68.9 cm³/mol. The van der Waals surface area contributed by atoms with Crippen molar-refractivity contribution < 1.29 is 24.4 Å². The quantitative estimate of drug-likeness (QED) is 0.442. The van der Waals surface area contributed by atoms with Crippen LogP contribution in [-0.2, 0) is 9.53 Å². The number of nitro groups is 1. The van der Waals surface area contributed by atoms with E-state index < -0.39 is 23.4 Å². The zero-order valence-corrected chi connectivity index (χ0v) is 10.9. The molecule has 0 unspecified atom stereocenters. The molecule has 20 heavy (non-hydrogen) atoms. The first-order chi connectivity index (χ1) is 9.41. The van der Waals surface area contributed by atoms with Crippen LogP contribution in [0, 0.1) is 10.1 Å². The van der Waals surface area contributed by atoms with Crippen molar-refractivity contribution in [1.82, 2.24) is 5.32 Å². The molecule has 0 fully saturated rings. The number of halogens is 1. The second kappa shape index (κ2) is 7.41. The summed E-state index contributed by atoms with van der Waals surface area (Å²) >= 11 is 5.68. The number of amides is 1. The van der Waals surface area contributed by atoms with Crippen LogP contribution in [0.15, 0.2) is 18.2 Å². The molecule has 0 atom stereocenters. The van der Waals surface area contributed by atoms with Crippen molar-refractivity contribution in [2.75, 3.05) is 19.8 Å². The number of carbonyl (C=O) groups excluding carboxylic acids is 1. The van der Waals surface area contributed by atoms with Gasteiger partial charge in [0, 0.05) is 18.2 Å². The summed E-state index contributed by atoms with van der Waals surface area (Å²) in [5.41, 5.74) is -0.119. The third kappa shape index (κ3) is 4.82. The molecule has 0 saturated heterocycles. The number of benzene rings is 1. The molecule has 0 heterocycles. The van der Waals surface area contributed by atoms with Crippen LogP contribution in [0.1, 0.15) is 10.4 Å². The predicted octanol–water partition coefficient (Wildman–Crippen LogP) is 1.08. The average Bonchev–Trinajstić information content (AvgIpc) is 2.37. The van der Waals surface area contributed by atoms with Gasteiger partial charge in [0.15, 0.2) is 0 Å². The molecule has 1 aromatic carbocycles. The fourth-order valence-corrected chi connectivity index (χ4v) is 1.54. The number of carbonyl (C=O) groups is 2. The van der Waals surface area contributed by atoms with Crippen molar-refractivity contribution in [1.29, 1.82) is 0 Å². The fraction of sp³-hybridized carbons (Fsp3) is 0.273. The summed E-state index contributed by atoms with van der Waals surface area (Å²) in [6.45, 7) is -0.293. The monoisotopic (exact) mass is 302 g/mol. The smallest absolute Gasteiger partial charge is 0.329 e. The molecule has 0 saturated carbocycles. The zero-order valence-electron chi connectivity index (χ0n) is 10.2. The number of hydrogen-bond donors (Lipinski definition) is 2. The van der Waals surface area contributed by atoms with Crippen LogP contribution in [-0.4, -0.2) is 41.7 Å². The Balaban J connectivity index is 2.50. The maximum Gasteiger partial charge on any atom is 0.329 e. The Labute approximate surface area is 118 Å². The van der Waals surface area contributed by atoms with E-state index in [-0.39, 0.29) is 29.4 Å². The minimum atomic E-state index is -1.10. The van der Waals surface area contributed by atoms with Gasteiger partial charge in [0.25, 0.3) is 11.6 Å². The summed E-state index contributed by atoms with van der Waals surface area (Å²) in [6.07, 6.45) is 0. The molecular formula is C11H11ClN2O6. The number of ether oxygens (including phenoxy) is 1. The van der Waals surface area contributed by atoms with Crippen LogP contribution in [0.5, 0.6) is 0 Å². The van der Waals surface area contributed by atoms with Gasteiger partial charge in [-0.25, -0.2) is 4.79 Å². The summed E-state index contributed by atoms with van der Waals surface area (Å²) in [6, 6.07) is 3.60. The number of hydrogen-bond acceptors (Lipinski definition) is 5. The summed E-state index contributed by atoms with van der Waals surface area (Å²) in [5, 5.41) is 21.2. The summed E-state index contributed by atoms with van der Waals surface area (Å²) in [5.74, 6) is -1.58. The Bertz CT molecular complexity index is 534. The zero-order chi connectivity index (χ0) is 15.1. The van der Waals surface area contributed by atoms with Gasteiger partial charge in [0.1, 0.15) is 11.6 Å². The van der Waals surface area contributed by atoms with Crippen LogP contribution in [0.4, 0.5) is 5.69 Å². The number of aliphatic carboxylic acids is 1. The van der Waals surface area contributed by atoms with E-state index in [1.54, 1.807) is 0 Å². The van der Waals surface area contributed by atoms with Gasteiger partial charge in [-0.1, -0.05) is 11.6 Å². The summed E-state index contributed by atoms with van der Waals surface area (Å²) < 4.78 is 4.73.